The molecule has 0 saturated heterocycles. The Morgan fingerprint density at radius 3 is 0.571 bits per heavy atom. The largest absolute Gasteiger partial charge is 0.269 e. The highest BCUT2D eigenvalue weighted by molar-refractivity contribution is 8.34. The molecule has 0 atom stereocenters. The monoisotopic (exact) mass is 648 g/mol. The molecule has 0 heterocycles. The van der Waals surface area contributed by atoms with Crippen molar-refractivity contribution < 1.29 is 14.1 Å². The van der Waals surface area contributed by atoms with E-state index in [1.54, 1.807) is 0 Å². The lowest BCUT2D eigenvalue weighted by Gasteiger charge is -2.45. The van der Waals surface area contributed by atoms with Crippen LogP contribution in [0.1, 0.15) is 62.3 Å². The molecule has 3 aromatic rings. The average Bonchev–Trinajstić information content (AvgIpc) is 2.84. The van der Waals surface area contributed by atoms with Crippen LogP contribution >= 0.6 is 30.1 Å². The Bertz CT molecular complexity index is 963. The second-order valence-corrected chi connectivity index (χ2v) is 27.3. The molecule has 3 aromatic carbocycles. The van der Waals surface area contributed by atoms with Gasteiger partial charge in [0, 0.05) is 0 Å². The third-order valence-corrected chi connectivity index (χ3v) is 22.1. The van der Waals surface area contributed by atoms with Crippen LogP contribution in [0, 0.1) is 0 Å². The smallest absolute Gasteiger partial charge is 0.00491 e. The highest BCUT2D eigenvalue weighted by Crippen LogP contribution is 2.60. The molecule has 3 rings (SSSR count). The summed E-state index contributed by atoms with van der Waals surface area (Å²) in [7, 11) is -2.03. The zero-order valence-corrected chi connectivity index (χ0v) is 31.6. The molecule has 246 valence electrons. The zero-order valence-electron chi connectivity index (χ0n) is 29.1. The standard InChI is InChI=1S/3C12H20S.3FH/c3*1-12(2,3)13(4,5)11-9-7-6-8-10-11;;;/h3*6-10H,1-5H3;3*1H. The molecule has 6 heteroatoms. The topological polar surface area (TPSA) is 0 Å². The predicted molar refractivity (Wildman–Crippen MR) is 199 cm³/mol. The Labute approximate surface area is 262 Å². The third-order valence-electron chi connectivity index (χ3n) is 8.59. The van der Waals surface area contributed by atoms with Crippen molar-refractivity contribution in [1.82, 2.24) is 0 Å². The number of hydrogen-bond donors (Lipinski definition) is 0. The fourth-order valence-corrected chi connectivity index (χ4v) is 7.98. The summed E-state index contributed by atoms with van der Waals surface area (Å²) < 4.78 is 1.15. The average molecular weight is 649 g/mol. The molecule has 0 aliphatic rings. The maximum atomic E-state index is 2.39. The fraction of sp³-hybridized carbons (Fsp3) is 0.500. The van der Waals surface area contributed by atoms with E-state index in [4.69, 9.17) is 0 Å². The van der Waals surface area contributed by atoms with Crippen molar-refractivity contribution in [3.63, 3.8) is 0 Å². The van der Waals surface area contributed by atoms with Crippen LogP contribution in [0.4, 0.5) is 14.1 Å². The minimum Gasteiger partial charge on any atom is -0.269 e. The van der Waals surface area contributed by atoms with Crippen LogP contribution in [0.3, 0.4) is 0 Å². The molecular formula is C36H63F3S3. The van der Waals surface area contributed by atoms with Crippen LogP contribution in [0.2, 0.25) is 0 Å². The lowest BCUT2D eigenvalue weighted by atomic mass is 10.3. The van der Waals surface area contributed by atoms with Crippen LogP contribution in [-0.2, 0) is 0 Å². The van der Waals surface area contributed by atoms with Crippen molar-refractivity contribution in [3.05, 3.63) is 91.0 Å². The lowest BCUT2D eigenvalue weighted by Crippen LogP contribution is -2.23. The molecule has 0 nitrogen and oxygen atoms in total. The van der Waals surface area contributed by atoms with Gasteiger partial charge in [-0.1, -0.05) is 153 Å². The highest BCUT2D eigenvalue weighted by Gasteiger charge is 2.30. The van der Waals surface area contributed by atoms with Gasteiger partial charge in [-0.25, -0.2) is 30.1 Å². The van der Waals surface area contributed by atoms with Crippen molar-refractivity contribution >= 4 is 30.1 Å². The van der Waals surface area contributed by atoms with Crippen LogP contribution in [0.5, 0.6) is 0 Å². The number of hydrogen-bond acceptors (Lipinski definition) is 0. The molecule has 42 heavy (non-hydrogen) atoms. The van der Waals surface area contributed by atoms with Gasteiger partial charge >= 0.3 is 0 Å². The van der Waals surface area contributed by atoms with Crippen molar-refractivity contribution in [2.75, 3.05) is 37.5 Å². The van der Waals surface area contributed by atoms with E-state index in [0.29, 0.717) is 14.2 Å². The summed E-state index contributed by atoms with van der Waals surface area (Å²) in [5, 5.41) is 0. The van der Waals surface area contributed by atoms with Gasteiger partial charge in [0.25, 0.3) is 0 Å². The van der Waals surface area contributed by atoms with Gasteiger partial charge in [-0.05, 0) is 66.5 Å². The quantitative estimate of drug-likeness (QED) is 0.265. The molecule has 0 aromatic heterocycles. The first-order valence-electron chi connectivity index (χ1n) is 13.9. The van der Waals surface area contributed by atoms with E-state index in [1.807, 2.05) is 0 Å². The summed E-state index contributed by atoms with van der Waals surface area (Å²) in [6.45, 7) is 21.0. The summed E-state index contributed by atoms with van der Waals surface area (Å²) in [6.07, 6.45) is 14.3. The van der Waals surface area contributed by atoms with Crippen LogP contribution in [0.25, 0.3) is 0 Å². The Kier molecular flexibility index (Phi) is 18.3. The minimum absolute atomic E-state index is 0. The van der Waals surface area contributed by atoms with Gasteiger partial charge in [0.05, 0.1) is 0 Å². The van der Waals surface area contributed by atoms with Gasteiger partial charge in [0.2, 0.25) is 0 Å². The van der Waals surface area contributed by atoms with Crippen molar-refractivity contribution in [1.29, 1.82) is 0 Å². The fourth-order valence-electron chi connectivity index (χ4n) is 3.34. The highest BCUT2D eigenvalue weighted by atomic mass is 32.3. The lowest BCUT2D eigenvalue weighted by molar-refractivity contribution is 0.786. The number of benzene rings is 3. The van der Waals surface area contributed by atoms with E-state index in [0.717, 1.165) is 0 Å². The first-order chi connectivity index (χ1) is 17.6. The van der Waals surface area contributed by atoms with E-state index in [-0.39, 0.29) is 14.1 Å². The van der Waals surface area contributed by atoms with Crippen LogP contribution in [0.15, 0.2) is 106 Å². The van der Waals surface area contributed by atoms with E-state index in [9.17, 15) is 0 Å². The van der Waals surface area contributed by atoms with Gasteiger partial charge in [0.1, 0.15) is 0 Å². The maximum absolute atomic E-state index is 2.39. The summed E-state index contributed by atoms with van der Waals surface area (Å²) >= 11 is 0. The Balaban J connectivity index is -0.000000524. The van der Waals surface area contributed by atoms with E-state index in [2.05, 4.69) is 191 Å². The van der Waals surface area contributed by atoms with Gasteiger partial charge in [-0.3, -0.25) is 14.1 Å². The normalized spacial score (nSPS) is 13.2. The first kappa shape index (κ1) is 44.9. The van der Waals surface area contributed by atoms with Crippen molar-refractivity contribution in [3.8, 4) is 0 Å². The predicted octanol–water partition coefficient (Wildman–Crippen LogP) is 12.2. The van der Waals surface area contributed by atoms with Crippen molar-refractivity contribution in [2.45, 2.75) is 91.2 Å². The van der Waals surface area contributed by atoms with Crippen molar-refractivity contribution in [2.24, 2.45) is 0 Å². The summed E-state index contributed by atoms with van der Waals surface area (Å²) in [5.41, 5.74) is 0. The van der Waals surface area contributed by atoms with Gasteiger partial charge in [-0.15, -0.1) is 0 Å². The molecule has 0 aliphatic heterocycles. The first-order valence-corrected chi connectivity index (χ1v) is 21.3. The Morgan fingerprint density at radius 1 is 0.310 bits per heavy atom. The maximum Gasteiger partial charge on any atom is -0.00491 e. The molecule has 0 N–H and O–H groups in total. The molecule has 0 unspecified atom stereocenters. The van der Waals surface area contributed by atoms with E-state index < -0.39 is 30.1 Å². The molecular weight excluding hydrogens is 586 g/mol. The molecule has 0 spiro atoms. The Morgan fingerprint density at radius 2 is 0.452 bits per heavy atom. The van der Waals surface area contributed by atoms with E-state index in [1.165, 1.54) is 14.7 Å². The zero-order chi connectivity index (χ0) is 30.3. The van der Waals surface area contributed by atoms with Crippen LogP contribution < -0.4 is 0 Å². The molecule has 0 radical (unpaired) electrons. The Hall–Kier alpha value is -1.50. The van der Waals surface area contributed by atoms with E-state index >= 15 is 0 Å². The molecule has 0 bridgehead atoms. The second-order valence-electron chi connectivity index (χ2n) is 14.3. The number of halogens is 3. The minimum atomic E-state index is -0.676. The molecule has 0 saturated carbocycles. The summed E-state index contributed by atoms with van der Waals surface area (Å²) in [6, 6.07) is 32.6. The second kappa shape index (κ2) is 17.1. The van der Waals surface area contributed by atoms with Gasteiger partial charge in [0.15, 0.2) is 0 Å². The molecule has 0 fully saturated rings. The van der Waals surface area contributed by atoms with Gasteiger partial charge in [-0.2, -0.15) is 0 Å². The number of rotatable bonds is 3. The molecule has 0 amide bonds. The third kappa shape index (κ3) is 11.9. The van der Waals surface area contributed by atoms with Crippen LogP contribution in [-0.4, -0.2) is 51.8 Å². The SMILES string of the molecule is CC(C)(C)S(C)(C)c1ccccc1.CC(C)(C)S(C)(C)c1ccccc1.CC(C)(C)S(C)(C)c1ccccc1.F.F.F. The molecule has 0 aliphatic carbocycles. The van der Waals surface area contributed by atoms with Gasteiger partial charge < -0.3 is 0 Å². The summed E-state index contributed by atoms with van der Waals surface area (Å²) in [4.78, 5) is 4.51. The summed E-state index contributed by atoms with van der Waals surface area (Å²) in [5.74, 6) is 0.